The average Bonchev–Trinajstić information content (AvgIpc) is 2.74. The molecule has 11 nitrogen and oxygen atoms in total. The zero-order valence-electron chi connectivity index (χ0n) is 18.4. The minimum Gasteiger partial charge on any atom is -0.508 e. The number of hydrogen-bond donors (Lipinski definition) is 7. The highest BCUT2D eigenvalue weighted by molar-refractivity contribution is 6.33. The third kappa shape index (κ3) is 2.72. The first kappa shape index (κ1) is 24.0. The Labute approximate surface area is 198 Å². The first-order valence-electron chi connectivity index (χ1n) is 10.3. The van der Waals surface area contributed by atoms with Crippen molar-refractivity contribution in [3.8, 4) is 5.75 Å². The lowest BCUT2D eigenvalue weighted by Crippen LogP contribution is -2.70. The number of nitrogens with two attached hydrogens (primary N) is 2. The number of halogens is 1. The quantitative estimate of drug-likeness (QED) is 0.163. The van der Waals surface area contributed by atoms with E-state index in [1.165, 1.54) is 25.1 Å². The molecule has 1 aromatic rings. The van der Waals surface area contributed by atoms with Gasteiger partial charge in [0.05, 0.1) is 34.3 Å². The van der Waals surface area contributed by atoms with Crippen molar-refractivity contribution in [1.82, 2.24) is 4.90 Å². The first-order chi connectivity index (χ1) is 15.7. The van der Waals surface area contributed by atoms with Crippen LogP contribution in [0.1, 0.15) is 24.0 Å². The number of phenolic OH excluding ortho intramolecular Hbond substituents is 1. The van der Waals surface area contributed by atoms with Crippen LogP contribution >= 0.6 is 11.6 Å². The summed E-state index contributed by atoms with van der Waals surface area (Å²) in [5.74, 6) is -9.79. The molecule has 1 amide bonds. The van der Waals surface area contributed by atoms with Crippen LogP contribution in [0.5, 0.6) is 5.75 Å². The van der Waals surface area contributed by atoms with Gasteiger partial charge in [-0.05, 0) is 31.6 Å². The number of aromatic hydroxyl groups is 1. The van der Waals surface area contributed by atoms with Crippen molar-refractivity contribution in [2.45, 2.75) is 30.6 Å². The van der Waals surface area contributed by atoms with Gasteiger partial charge in [0.2, 0.25) is 5.78 Å². The molecule has 0 heterocycles. The van der Waals surface area contributed by atoms with Crippen LogP contribution in [0.3, 0.4) is 0 Å². The Bertz CT molecular complexity index is 1240. The van der Waals surface area contributed by atoms with Crippen LogP contribution in [-0.2, 0) is 14.4 Å². The number of primary amides is 1. The van der Waals surface area contributed by atoms with Crippen molar-refractivity contribution in [1.29, 1.82) is 0 Å². The average molecular weight is 494 g/mol. The van der Waals surface area contributed by atoms with Gasteiger partial charge in [0.1, 0.15) is 17.1 Å². The van der Waals surface area contributed by atoms with Gasteiger partial charge < -0.3 is 37.0 Å². The maximum Gasteiger partial charge on any atom is 0.255 e. The van der Waals surface area contributed by atoms with E-state index in [1.807, 2.05) is 0 Å². The molecule has 1 fully saturated rings. The van der Waals surface area contributed by atoms with Gasteiger partial charge in [0.25, 0.3) is 5.91 Å². The number of carbonyl (C=O) groups is 3. The monoisotopic (exact) mass is 493 g/mol. The highest BCUT2D eigenvalue weighted by Gasteiger charge is 2.68. The summed E-state index contributed by atoms with van der Waals surface area (Å²) in [5.41, 5.74) is 6.42. The van der Waals surface area contributed by atoms with Crippen LogP contribution in [0.4, 0.5) is 5.69 Å². The second kappa shape index (κ2) is 7.44. The number of rotatable bonds is 2. The minimum absolute atomic E-state index is 0.0156. The number of carbonyl (C=O) groups excluding carboxylic acids is 3. The first-order valence-corrected chi connectivity index (χ1v) is 10.7. The third-order valence-corrected chi connectivity index (χ3v) is 7.55. The van der Waals surface area contributed by atoms with E-state index in [1.54, 1.807) is 6.92 Å². The van der Waals surface area contributed by atoms with Gasteiger partial charge in [-0.2, -0.15) is 0 Å². The molecule has 1 saturated carbocycles. The molecule has 3 aliphatic rings. The number of aliphatic hydroxyl groups is 4. The second-order valence-electron chi connectivity index (χ2n) is 9.13. The van der Waals surface area contributed by atoms with E-state index >= 15 is 0 Å². The number of ketones is 2. The number of benzene rings is 1. The van der Waals surface area contributed by atoms with Crippen molar-refractivity contribution >= 4 is 40.5 Å². The maximum atomic E-state index is 13.7. The van der Waals surface area contributed by atoms with Crippen molar-refractivity contribution in [3.63, 3.8) is 0 Å². The van der Waals surface area contributed by atoms with Crippen molar-refractivity contribution < 1.29 is 39.9 Å². The van der Waals surface area contributed by atoms with Crippen molar-refractivity contribution in [2.75, 3.05) is 19.8 Å². The molecule has 182 valence electrons. The molecule has 0 bridgehead atoms. The minimum atomic E-state index is -2.96. The zero-order valence-corrected chi connectivity index (χ0v) is 19.2. The highest BCUT2D eigenvalue weighted by Crippen LogP contribution is 2.57. The number of nitrogen functional groups attached to an aromatic ring is 1. The van der Waals surface area contributed by atoms with Crippen LogP contribution in [0, 0.1) is 11.8 Å². The normalized spacial score (nSPS) is 33.1. The van der Waals surface area contributed by atoms with Crippen LogP contribution in [0.15, 0.2) is 23.0 Å². The lowest BCUT2D eigenvalue weighted by Gasteiger charge is -2.53. The van der Waals surface area contributed by atoms with Gasteiger partial charge in [0.15, 0.2) is 17.1 Å². The summed E-state index contributed by atoms with van der Waals surface area (Å²) in [6, 6.07) is -0.0253. The van der Waals surface area contributed by atoms with E-state index in [-0.39, 0.29) is 21.8 Å². The number of aliphatic hydroxyl groups excluding tert-OH is 3. The van der Waals surface area contributed by atoms with E-state index < -0.39 is 81.4 Å². The molecule has 12 heteroatoms. The molecule has 0 aliphatic heterocycles. The Morgan fingerprint density at radius 1 is 1.21 bits per heavy atom. The lowest BCUT2D eigenvalue weighted by molar-refractivity contribution is -0.169. The second-order valence-corrected chi connectivity index (χ2v) is 9.54. The number of fused-ring (bicyclic) bond motifs is 3. The maximum absolute atomic E-state index is 13.7. The molecule has 0 saturated heterocycles. The molecule has 6 atom stereocenters. The molecule has 1 aromatic carbocycles. The highest BCUT2D eigenvalue weighted by atomic mass is 35.5. The zero-order chi connectivity index (χ0) is 25.6. The fourth-order valence-corrected chi connectivity index (χ4v) is 5.87. The number of hydrogen-bond acceptors (Lipinski definition) is 10. The van der Waals surface area contributed by atoms with E-state index in [0.717, 1.165) is 0 Å². The molecule has 4 rings (SSSR count). The Balaban J connectivity index is 2.08. The standard InChI is InChI=1S/C22H24ClN3O8/c1-5-6-4-7(23)13(24)17(29)9(6)15(27)10-8(5)16(28)12-14(26(2)3)18(30)11(21(25)33)20(32)22(12,34)19(10)31/h4-5,8,12,14,16,27-29,32,34H,24H2,1-3H3,(H2,25,33)/t5?,8-,12-,14+,16+,22+/m0/s1. The topological polar surface area (TPSA) is 208 Å². The number of amides is 1. The van der Waals surface area contributed by atoms with Gasteiger partial charge in [-0.25, -0.2) is 0 Å². The lowest BCUT2D eigenvalue weighted by atomic mass is 9.54. The smallest absolute Gasteiger partial charge is 0.255 e. The molecule has 1 unspecified atom stereocenters. The number of likely N-dealkylation sites (N-methyl/N-ethyl adjacent to an activating group) is 1. The summed E-state index contributed by atoms with van der Waals surface area (Å²) in [6.45, 7) is 1.60. The van der Waals surface area contributed by atoms with Gasteiger partial charge in [-0.1, -0.05) is 18.5 Å². The molecular formula is C22H24ClN3O8. The summed E-state index contributed by atoms with van der Waals surface area (Å²) in [5, 5.41) is 55.4. The summed E-state index contributed by atoms with van der Waals surface area (Å²) >= 11 is 6.10. The molecule has 0 spiro atoms. The summed E-state index contributed by atoms with van der Waals surface area (Å²) < 4.78 is 0. The van der Waals surface area contributed by atoms with E-state index in [0.29, 0.717) is 0 Å². The Morgan fingerprint density at radius 3 is 2.32 bits per heavy atom. The van der Waals surface area contributed by atoms with Crippen molar-refractivity contribution in [2.24, 2.45) is 17.6 Å². The predicted molar refractivity (Wildman–Crippen MR) is 120 cm³/mol. The molecule has 3 aliphatic carbocycles. The van der Waals surface area contributed by atoms with Crippen LogP contribution in [0.2, 0.25) is 5.02 Å². The van der Waals surface area contributed by atoms with E-state index in [9.17, 15) is 39.9 Å². The molecule has 9 N–H and O–H groups in total. The van der Waals surface area contributed by atoms with Crippen molar-refractivity contribution in [3.05, 3.63) is 39.1 Å². The SMILES string of the molecule is CC1c2cc(Cl)c(N)c(O)c2C(O)=C2C(=O)[C@@]3(O)C(O)=C(C(N)=O)C(=O)[C@H](N(C)C)[C@H]3[C@H](O)[C@H]21. The van der Waals surface area contributed by atoms with E-state index in [4.69, 9.17) is 23.1 Å². The number of nitrogens with zero attached hydrogens (tertiary/aromatic N) is 1. The molecule has 0 radical (unpaired) electrons. The fourth-order valence-electron chi connectivity index (χ4n) is 5.66. The predicted octanol–water partition coefficient (Wildman–Crippen LogP) is -0.269. The number of phenols is 1. The third-order valence-electron chi connectivity index (χ3n) is 7.24. The largest absolute Gasteiger partial charge is 0.508 e. The van der Waals surface area contributed by atoms with Gasteiger partial charge in [-0.15, -0.1) is 0 Å². The van der Waals surface area contributed by atoms with Crippen LogP contribution in [-0.4, -0.2) is 79.7 Å². The van der Waals surface area contributed by atoms with Crippen LogP contribution in [0.25, 0.3) is 5.76 Å². The van der Waals surface area contributed by atoms with Gasteiger partial charge in [-0.3, -0.25) is 19.3 Å². The number of Topliss-reactive ketones (excluding diaryl/α,β-unsaturated/α-hetero) is 2. The van der Waals surface area contributed by atoms with Gasteiger partial charge in [0, 0.05) is 11.5 Å². The van der Waals surface area contributed by atoms with Crippen LogP contribution < -0.4 is 11.5 Å². The van der Waals surface area contributed by atoms with E-state index in [2.05, 4.69) is 0 Å². The fraction of sp³-hybridized carbons (Fsp3) is 0.409. The Morgan fingerprint density at radius 2 is 1.79 bits per heavy atom. The summed E-state index contributed by atoms with van der Waals surface area (Å²) in [7, 11) is 2.87. The Kier molecular flexibility index (Phi) is 5.26. The number of anilines is 1. The molecule has 0 aromatic heterocycles. The Hall–Kier alpha value is -3.12. The summed E-state index contributed by atoms with van der Waals surface area (Å²) in [6.07, 6.45) is -1.67. The van der Waals surface area contributed by atoms with Gasteiger partial charge >= 0.3 is 0 Å². The molecule has 34 heavy (non-hydrogen) atoms. The summed E-state index contributed by atoms with van der Waals surface area (Å²) in [4.78, 5) is 40.1. The molecular weight excluding hydrogens is 470 g/mol.